The van der Waals surface area contributed by atoms with Gasteiger partial charge in [-0.3, -0.25) is 9.59 Å². The predicted octanol–water partition coefficient (Wildman–Crippen LogP) is 0.821. The van der Waals surface area contributed by atoms with Crippen LogP contribution >= 0.6 is 0 Å². The predicted molar refractivity (Wildman–Crippen MR) is 91.8 cm³/mol. The summed E-state index contributed by atoms with van der Waals surface area (Å²) >= 11 is 0. The van der Waals surface area contributed by atoms with Gasteiger partial charge in [-0.25, -0.2) is 4.79 Å². The molecule has 0 saturated carbocycles. The first-order chi connectivity index (χ1) is 12.5. The van der Waals surface area contributed by atoms with Crippen LogP contribution in [0.25, 0.3) is 0 Å². The molecule has 3 N–H and O–H groups in total. The van der Waals surface area contributed by atoms with E-state index in [0.29, 0.717) is 11.3 Å². The van der Waals surface area contributed by atoms with Crippen molar-refractivity contribution < 1.29 is 28.6 Å². The summed E-state index contributed by atoms with van der Waals surface area (Å²) in [5, 5.41) is 2.37. The molecule has 26 heavy (non-hydrogen) atoms. The molecule has 0 radical (unpaired) electrons. The van der Waals surface area contributed by atoms with Gasteiger partial charge in [-0.05, 0) is 19.9 Å². The summed E-state index contributed by atoms with van der Waals surface area (Å²) in [6.07, 6.45) is 0. The zero-order chi connectivity index (χ0) is 19.3. The van der Waals surface area contributed by atoms with Crippen LogP contribution in [-0.2, 0) is 23.9 Å². The Morgan fingerprint density at radius 1 is 1.15 bits per heavy atom. The summed E-state index contributed by atoms with van der Waals surface area (Å²) in [6, 6.07) is 6.79. The summed E-state index contributed by atoms with van der Waals surface area (Å²) in [5.41, 5.74) is 6.37. The lowest BCUT2D eigenvalue weighted by Crippen LogP contribution is -2.48. The van der Waals surface area contributed by atoms with Crippen molar-refractivity contribution in [3.8, 4) is 5.75 Å². The van der Waals surface area contributed by atoms with Crippen LogP contribution in [0.1, 0.15) is 25.3 Å². The van der Waals surface area contributed by atoms with Crippen LogP contribution < -0.4 is 15.8 Å². The summed E-state index contributed by atoms with van der Waals surface area (Å²) in [6.45, 7) is 3.49. The van der Waals surface area contributed by atoms with Crippen molar-refractivity contribution >= 4 is 17.8 Å². The normalized spacial score (nSPS) is 19.6. The molecule has 140 valence electrons. The Morgan fingerprint density at radius 2 is 1.81 bits per heavy atom. The SMILES string of the molecule is CCOC(=O)C1=C(N)NC(=O)C(C(=O)OCC)C1c1ccccc1OC. The molecule has 1 aromatic carbocycles. The fourth-order valence-electron chi connectivity index (χ4n) is 2.94. The Labute approximate surface area is 151 Å². The highest BCUT2D eigenvalue weighted by molar-refractivity contribution is 6.05. The molecular weight excluding hydrogens is 340 g/mol. The molecule has 0 bridgehead atoms. The number of para-hydroxylation sites is 1. The zero-order valence-electron chi connectivity index (χ0n) is 14.9. The van der Waals surface area contributed by atoms with Gasteiger partial charge >= 0.3 is 11.9 Å². The third-order valence-electron chi connectivity index (χ3n) is 3.98. The minimum absolute atomic E-state index is 0.00555. The van der Waals surface area contributed by atoms with Gasteiger partial charge in [0.1, 0.15) is 17.5 Å². The maximum Gasteiger partial charge on any atom is 0.338 e. The van der Waals surface area contributed by atoms with Crippen LogP contribution in [0.15, 0.2) is 35.7 Å². The molecule has 1 heterocycles. The van der Waals surface area contributed by atoms with Crippen LogP contribution in [0.5, 0.6) is 5.75 Å². The molecule has 1 aromatic rings. The van der Waals surface area contributed by atoms with E-state index in [1.165, 1.54) is 7.11 Å². The third kappa shape index (κ3) is 3.63. The van der Waals surface area contributed by atoms with Gasteiger partial charge in [-0.15, -0.1) is 0 Å². The van der Waals surface area contributed by atoms with E-state index < -0.39 is 29.7 Å². The highest BCUT2D eigenvalue weighted by Crippen LogP contribution is 2.41. The molecule has 0 aliphatic carbocycles. The largest absolute Gasteiger partial charge is 0.496 e. The minimum atomic E-state index is -1.29. The van der Waals surface area contributed by atoms with Crippen LogP contribution in [0, 0.1) is 5.92 Å². The van der Waals surface area contributed by atoms with Crippen LogP contribution in [0.4, 0.5) is 0 Å². The molecule has 1 aliphatic rings. The Morgan fingerprint density at radius 3 is 2.42 bits per heavy atom. The zero-order valence-corrected chi connectivity index (χ0v) is 14.9. The molecule has 0 spiro atoms. The topological polar surface area (TPSA) is 117 Å². The van der Waals surface area contributed by atoms with Gasteiger partial charge in [-0.1, -0.05) is 18.2 Å². The van der Waals surface area contributed by atoms with Gasteiger partial charge in [0.2, 0.25) is 5.91 Å². The molecule has 0 saturated heterocycles. The lowest BCUT2D eigenvalue weighted by molar-refractivity contribution is -0.153. The minimum Gasteiger partial charge on any atom is -0.496 e. The quantitative estimate of drug-likeness (QED) is 0.568. The molecule has 8 nitrogen and oxygen atoms in total. The number of hydrogen-bond donors (Lipinski definition) is 2. The molecule has 2 rings (SSSR count). The Balaban J connectivity index is 2.67. The van der Waals surface area contributed by atoms with Gasteiger partial charge < -0.3 is 25.3 Å². The van der Waals surface area contributed by atoms with Gasteiger partial charge in [0.05, 0.1) is 25.9 Å². The van der Waals surface area contributed by atoms with Crippen LogP contribution in [0.2, 0.25) is 0 Å². The Kier molecular flexibility index (Phi) is 6.21. The molecule has 2 atom stereocenters. The molecule has 2 unspecified atom stereocenters. The maximum absolute atomic E-state index is 12.5. The highest BCUT2D eigenvalue weighted by Gasteiger charge is 2.47. The fourth-order valence-corrected chi connectivity index (χ4v) is 2.94. The van der Waals surface area contributed by atoms with Gasteiger partial charge in [0.15, 0.2) is 0 Å². The molecule has 0 aromatic heterocycles. The average molecular weight is 362 g/mol. The summed E-state index contributed by atoms with van der Waals surface area (Å²) < 4.78 is 15.5. The second-order valence-electron chi connectivity index (χ2n) is 5.49. The van der Waals surface area contributed by atoms with E-state index in [1.807, 2.05) is 0 Å². The van der Waals surface area contributed by atoms with E-state index in [0.717, 1.165) is 0 Å². The number of rotatable bonds is 6. The first-order valence-corrected chi connectivity index (χ1v) is 8.23. The second-order valence-corrected chi connectivity index (χ2v) is 5.49. The van der Waals surface area contributed by atoms with E-state index in [9.17, 15) is 14.4 Å². The van der Waals surface area contributed by atoms with Crippen molar-refractivity contribution in [2.75, 3.05) is 20.3 Å². The maximum atomic E-state index is 12.5. The van der Waals surface area contributed by atoms with Crippen molar-refractivity contribution in [1.82, 2.24) is 5.32 Å². The van der Waals surface area contributed by atoms with Gasteiger partial charge in [0, 0.05) is 11.5 Å². The lowest BCUT2D eigenvalue weighted by Gasteiger charge is -2.32. The number of nitrogens with two attached hydrogens (primary N) is 1. The third-order valence-corrected chi connectivity index (χ3v) is 3.98. The summed E-state index contributed by atoms with van der Waals surface area (Å²) in [7, 11) is 1.46. The molecule has 1 amide bonds. The van der Waals surface area contributed by atoms with Crippen molar-refractivity contribution in [1.29, 1.82) is 0 Å². The van der Waals surface area contributed by atoms with Crippen molar-refractivity contribution in [3.63, 3.8) is 0 Å². The van der Waals surface area contributed by atoms with E-state index in [1.54, 1.807) is 38.1 Å². The molecule has 0 fully saturated rings. The molecule has 8 heteroatoms. The number of hydrogen-bond acceptors (Lipinski definition) is 7. The van der Waals surface area contributed by atoms with E-state index in [2.05, 4.69) is 5.32 Å². The number of carbonyl (C=O) groups excluding carboxylic acids is 3. The van der Waals surface area contributed by atoms with Crippen molar-refractivity contribution in [2.45, 2.75) is 19.8 Å². The highest BCUT2D eigenvalue weighted by atomic mass is 16.5. The fraction of sp³-hybridized carbons (Fsp3) is 0.389. The number of nitrogens with one attached hydrogen (secondary N) is 1. The first-order valence-electron chi connectivity index (χ1n) is 8.23. The smallest absolute Gasteiger partial charge is 0.338 e. The number of esters is 2. The first kappa shape index (κ1) is 19.3. The lowest BCUT2D eigenvalue weighted by atomic mass is 9.77. The standard InChI is InChI=1S/C18H22N2O6/c1-4-25-17(22)13-12(10-8-6-7-9-11(10)24-3)14(18(23)26-5-2)16(21)20-15(13)19/h6-9,12,14H,4-5,19H2,1-3H3,(H,20,21). The number of amides is 1. The number of carbonyl (C=O) groups is 3. The number of ether oxygens (including phenoxy) is 3. The Bertz CT molecular complexity index is 743. The average Bonchev–Trinajstić information content (AvgIpc) is 2.61. The van der Waals surface area contributed by atoms with Crippen LogP contribution in [0.3, 0.4) is 0 Å². The van der Waals surface area contributed by atoms with Gasteiger partial charge in [-0.2, -0.15) is 0 Å². The second kappa shape index (κ2) is 8.37. The Hall–Kier alpha value is -3.03. The van der Waals surface area contributed by atoms with E-state index >= 15 is 0 Å². The van der Waals surface area contributed by atoms with E-state index in [4.69, 9.17) is 19.9 Å². The monoisotopic (exact) mass is 362 g/mol. The van der Waals surface area contributed by atoms with Crippen molar-refractivity contribution in [3.05, 3.63) is 41.2 Å². The van der Waals surface area contributed by atoms with E-state index in [-0.39, 0.29) is 24.6 Å². The summed E-state index contributed by atoms with van der Waals surface area (Å²) in [4.78, 5) is 37.5. The number of methoxy groups -OCH3 is 1. The number of benzene rings is 1. The molecule has 1 aliphatic heterocycles. The van der Waals surface area contributed by atoms with Crippen molar-refractivity contribution in [2.24, 2.45) is 11.7 Å². The molecular formula is C18H22N2O6. The summed E-state index contributed by atoms with van der Waals surface area (Å²) in [5.74, 6) is -4.13. The van der Waals surface area contributed by atoms with Crippen LogP contribution in [-0.4, -0.2) is 38.2 Å². The van der Waals surface area contributed by atoms with Gasteiger partial charge in [0.25, 0.3) is 0 Å².